The minimum atomic E-state index is -0.427. The molecule has 29 heavy (non-hydrogen) atoms. The summed E-state index contributed by atoms with van der Waals surface area (Å²) in [6.07, 6.45) is 0. The Hall–Kier alpha value is -2.74. The number of fused-ring (bicyclic) bond motifs is 1. The molecule has 1 aliphatic rings. The van der Waals surface area contributed by atoms with Crippen molar-refractivity contribution in [2.75, 3.05) is 13.2 Å². The minimum Gasteiger partial charge on any atom is -0.486 e. The molecule has 0 radical (unpaired) electrons. The van der Waals surface area contributed by atoms with E-state index in [2.05, 4.69) is 26.6 Å². The molecule has 0 aliphatic carbocycles. The summed E-state index contributed by atoms with van der Waals surface area (Å²) in [4.78, 5) is 24.0. The van der Waals surface area contributed by atoms with Crippen LogP contribution in [0.1, 0.15) is 35.3 Å². The average molecular weight is 463 g/mol. The van der Waals surface area contributed by atoms with Crippen LogP contribution in [0.15, 0.2) is 40.9 Å². The normalized spacial score (nSPS) is 12.4. The molecule has 0 saturated heterocycles. The Balaban J connectivity index is 1.54. The molecular weight excluding hydrogens is 440 g/mol. The van der Waals surface area contributed by atoms with Gasteiger partial charge in [-0.2, -0.15) is 0 Å². The number of benzene rings is 2. The quantitative estimate of drug-likeness (QED) is 0.637. The van der Waals surface area contributed by atoms with E-state index in [0.29, 0.717) is 36.8 Å². The number of carbonyl (C=O) groups excluding carboxylic acids is 2. The van der Waals surface area contributed by atoms with Crippen molar-refractivity contribution in [2.45, 2.75) is 33.0 Å². The third-order valence-corrected chi connectivity index (χ3v) is 4.87. The van der Waals surface area contributed by atoms with Crippen LogP contribution in [0.5, 0.6) is 11.5 Å². The molecule has 2 N–H and O–H groups in total. The lowest BCUT2D eigenvalue weighted by molar-refractivity contribution is 0.0471. The van der Waals surface area contributed by atoms with E-state index in [9.17, 15) is 9.59 Å². The summed E-state index contributed by atoms with van der Waals surface area (Å²) in [5.74, 6) is 0.886. The van der Waals surface area contributed by atoms with Crippen molar-refractivity contribution in [3.8, 4) is 11.5 Å². The standard InChI is InChI=1S/C21H23BrN2O5/c1-13(2)24-21(26)23-11-14-3-5-15(6-4-14)20(25)29-12-16-9-18-19(10-17(16)22)28-8-7-27-18/h3-6,9-10,13H,7-8,11-12H2,1-2H3,(H2,23,24,26). The van der Waals surface area contributed by atoms with Gasteiger partial charge in [0.1, 0.15) is 19.8 Å². The highest BCUT2D eigenvalue weighted by molar-refractivity contribution is 9.10. The summed E-state index contributed by atoms with van der Waals surface area (Å²) < 4.78 is 17.3. The van der Waals surface area contributed by atoms with E-state index in [0.717, 1.165) is 15.6 Å². The van der Waals surface area contributed by atoms with E-state index in [1.807, 2.05) is 26.0 Å². The molecule has 0 unspecified atom stereocenters. The zero-order chi connectivity index (χ0) is 20.8. The smallest absolute Gasteiger partial charge is 0.338 e. The second-order valence-corrected chi connectivity index (χ2v) is 7.70. The van der Waals surface area contributed by atoms with E-state index < -0.39 is 5.97 Å². The number of halogens is 1. The lowest BCUT2D eigenvalue weighted by Crippen LogP contribution is -2.39. The molecule has 2 aromatic carbocycles. The lowest BCUT2D eigenvalue weighted by atomic mass is 10.1. The van der Waals surface area contributed by atoms with Crippen molar-refractivity contribution in [2.24, 2.45) is 0 Å². The van der Waals surface area contributed by atoms with Crippen LogP contribution in [0.4, 0.5) is 4.79 Å². The molecule has 0 fully saturated rings. The second kappa shape index (κ2) is 9.65. The zero-order valence-corrected chi connectivity index (χ0v) is 17.9. The maximum Gasteiger partial charge on any atom is 0.338 e. The van der Waals surface area contributed by atoms with E-state index in [4.69, 9.17) is 14.2 Å². The summed E-state index contributed by atoms with van der Waals surface area (Å²) >= 11 is 3.47. The first-order valence-electron chi connectivity index (χ1n) is 9.31. The van der Waals surface area contributed by atoms with Crippen molar-refractivity contribution < 1.29 is 23.8 Å². The largest absolute Gasteiger partial charge is 0.486 e. The van der Waals surface area contributed by atoms with Crippen molar-refractivity contribution >= 4 is 27.9 Å². The first kappa shape index (κ1) is 21.0. The maximum absolute atomic E-state index is 12.3. The van der Waals surface area contributed by atoms with Crippen LogP contribution in [-0.4, -0.2) is 31.3 Å². The Kier molecular flexibility index (Phi) is 6.98. The lowest BCUT2D eigenvalue weighted by Gasteiger charge is -2.19. The zero-order valence-electron chi connectivity index (χ0n) is 16.3. The van der Waals surface area contributed by atoms with Gasteiger partial charge in [0.15, 0.2) is 11.5 Å². The van der Waals surface area contributed by atoms with Crippen LogP contribution in [0.3, 0.4) is 0 Å². The summed E-state index contributed by atoms with van der Waals surface area (Å²) in [5.41, 5.74) is 2.11. The van der Waals surface area contributed by atoms with Gasteiger partial charge in [-0.25, -0.2) is 9.59 Å². The molecule has 1 heterocycles. The number of urea groups is 1. The number of nitrogens with one attached hydrogen (secondary N) is 2. The van der Waals surface area contributed by atoms with E-state index in [1.54, 1.807) is 24.3 Å². The van der Waals surface area contributed by atoms with Crippen LogP contribution in [0.25, 0.3) is 0 Å². The molecule has 0 saturated carbocycles. The van der Waals surface area contributed by atoms with Crippen LogP contribution in [0, 0.1) is 0 Å². The first-order valence-corrected chi connectivity index (χ1v) is 10.1. The topological polar surface area (TPSA) is 85.9 Å². The van der Waals surface area contributed by atoms with Gasteiger partial charge in [-0.1, -0.05) is 28.1 Å². The minimum absolute atomic E-state index is 0.0707. The van der Waals surface area contributed by atoms with Crippen molar-refractivity contribution in [3.05, 3.63) is 57.6 Å². The summed E-state index contributed by atoms with van der Waals surface area (Å²) in [6, 6.07) is 10.4. The monoisotopic (exact) mass is 462 g/mol. The summed E-state index contributed by atoms with van der Waals surface area (Å²) in [7, 11) is 0. The SMILES string of the molecule is CC(C)NC(=O)NCc1ccc(C(=O)OCc2cc3c(cc2Br)OCCO3)cc1. The van der Waals surface area contributed by atoms with Gasteiger partial charge >= 0.3 is 12.0 Å². The molecule has 2 amide bonds. The number of ether oxygens (including phenoxy) is 3. The van der Waals surface area contributed by atoms with Gasteiger partial charge in [-0.15, -0.1) is 0 Å². The molecule has 1 aliphatic heterocycles. The van der Waals surface area contributed by atoms with Gasteiger partial charge in [-0.3, -0.25) is 0 Å². The molecule has 0 bridgehead atoms. The van der Waals surface area contributed by atoms with E-state index in [-0.39, 0.29) is 18.7 Å². The van der Waals surface area contributed by atoms with E-state index in [1.165, 1.54) is 0 Å². The molecule has 0 aromatic heterocycles. The molecule has 0 spiro atoms. The Bertz CT molecular complexity index is 883. The predicted molar refractivity (Wildman–Crippen MR) is 111 cm³/mol. The van der Waals surface area contributed by atoms with Crippen molar-refractivity contribution in [3.63, 3.8) is 0 Å². The van der Waals surface area contributed by atoms with Gasteiger partial charge in [0.2, 0.25) is 0 Å². The number of carbonyl (C=O) groups is 2. The average Bonchev–Trinajstić information content (AvgIpc) is 2.70. The molecular formula is C21H23BrN2O5. The van der Waals surface area contributed by atoms with E-state index >= 15 is 0 Å². The second-order valence-electron chi connectivity index (χ2n) is 6.84. The van der Waals surface area contributed by atoms with Crippen LogP contribution < -0.4 is 20.1 Å². The maximum atomic E-state index is 12.3. The number of esters is 1. The Morgan fingerprint density at radius 3 is 2.41 bits per heavy atom. The highest BCUT2D eigenvalue weighted by atomic mass is 79.9. The molecule has 154 valence electrons. The van der Waals surface area contributed by atoms with Crippen molar-refractivity contribution in [1.29, 1.82) is 0 Å². The predicted octanol–water partition coefficient (Wildman–Crippen LogP) is 3.78. The fraction of sp³-hybridized carbons (Fsp3) is 0.333. The highest BCUT2D eigenvalue weighted by Gasteiger charge is 2.16. The third-order valence-electron chi connectivity index (χ3n) is 4.13. The molecule has 2 aromatic rings. The number of amides is 2. The molecule has 7 nitrogen and oxygen atoms in total. The van der Waals surface area contributed by atoms with Gasteiger partial charge in [0.25, 0.3) is 0 Å². The Labute approximate surface area is 177 Å². The fourth-order valence-corrected chi connectivity index (χ4v) is 3.13. The van der Waals surface area contributed by atoms with Crippen LogP contribution in [-0.2, 0) is 17.9 Å². The van der Waals surface area contributed by atoms with Crippen LogP contribution in [0.2, 0.25) is 0 Å². The molecule has 0 atom stereocenters. The summed E-state index contributed by atoms with van der Waals surface area (Å²) in [6.45, 7) is 5.27. The number of rotatable bonds is 6. The van der Waals surface area contributed by atoms with Crippen LogP contribution >= 0.6 is 15.9 Å². The number of hydrogen-bond acceptors (Lipinski definition) is 5. The number of hydrogen-bond donors (Lipinski definition) is 2. The van der Waals surface area contributed by atoms with Gasteiger partial charge in [-0.05, 0) is 43.7 Å². The fourth-order valence-electron chi connectivity index (χ4n) is 2.70. The van der Waals surface area contributed by atoms with Gasteiger partial charge < -0.3 is 24.8 Å². The van der Waals surface area contributed by atoms with Gasteiger partial charge in [0.05, 0.1) is 5.56 Å². The third kappa shape index (κ3) is 5.87. The summed E-state index contributed by atoms with van der Waals surface area (Å²) in [5, 5.41) is 5.52. The Morgan fingerprint density at radius 2 is 1.76 bits per heavy atom. The van der Waals surface area contributed by atoms with Crippen molar-refractivity contribution in [1.82, 2.24) is 10.6 Å². The Morgan fingerprint density at radius 1 is 1.10 bits per heavy atom. The molecule has 3 rings (SSSR count). The molecule has 8 heteroatoms. The van der Waals surface area contributed by atoms with Gasteiger partial charge in [0, 0.05) is 22.6 Å². The first-order chi connectivity index (χ1) is 13.9. The highest BCUT2D eigenvalue weighted by Crippen LogP contribution is 2.35.